The number of nitrogen functional groups attached to an aromatic ring is 1. The first-order valence-corrected chi connectivity index (χ1v) is 3.96. The van der Waals surface area contributed by atoms with Crippen molar-refractivity contribution in [2.45, 2.75) is 0 Å². The summed E-state index contributed by atoms with van der Waals surface area (Å²) < 4.78 is 4.88. The molecule has 0 spiro atoms. The summed E-state index contributed by atoms with van der Waals surface area (Å²) in [6.45, 7) is 0. The predicted octanol–water partition coefficient (Wildman–Crippen LogP) is 1.54. The van der Waals surface area contributed by atoms with Crippen molar-refractivity contribution < 1.29 is 9.66 Å². The van der Waals surface area contributed by atoms with Crippen LogP contribution in [-0.2, 0) is 0 Å². The average Bonchev–Trinajstić information content (AvgIpc) is 2.16. The van der Waals surface area contributed by atoms with Gasteiger partial charge in [0.1, 0.15) is 5.69 Å². The van der Waals surface area contributed by atoms with Crippen molar-refractivity contribution in [3.05, 3.63) is 27.3 Å². The van der Waals surface area contributed by atoms with Gasteiger partial charge in [-0.1, -0.05) is 11.6 Å². The molecule has 6 nitrogen and oxygen atoms in total. The Morgan fingerprint density at radius 3 is 2.71 bits per heavy atom. The number of nitro benzene ring substituents is 1. The minimum atomic E-state index is -0.561. The molecule has 0 radical (unpaired) electrons. The summed E-state index contributed by atoms with van der Waals surface area (Å²) in [7, 11) is 1.37. The van der Waals surface area contributed by atoms with Crippen molar-refractivity contribution >= 4 is 23.0 Å². The van der Waals surface area contributed by atoms with E-state index in [0.29, 0.717) is 5.69 Å². The molecule has 14 heavy (non-hydrogen) atoms. The van der Waals surface area contributed by atoms with Gasteiger partial charge < -0.3 is 10.2 Å². The van der Waals surface area contributed by atoms with Crippen LogP contribution >= 0.6 is 11.6 Å². The van der Waals surface area contributed by atoms with Crippen LogP contribution in [0.3, 0.4) is 0 Å². The number of nitrogens with one attached hydrogen (secondary N) is 1. The number of non-ortho nitro benzene ring substituents is 1. The van der Waals surface area contributed by atoms with Crippen LogP contribution in [0.15, 0.2) is 12.1 Å². The highest BCUT2D eigenvalue weighted by Gasteiger charge is 2.15. The van der Waals surface area contributed by atoms with Crippen LogP contribution < -0.4 is 16.0 Å². The first kappa shape index (κ1) is 10.6. The molecule has 0 saturated heterocycles. The number of benzene rings is 1. The maximum Gasteiger partial charge on any atom is 0.274 e. The summed E-state index contributed by atoms with van der Waals surface area (Å²) in [5.74, 6) is 5.40. The van der Waals surface area contributed by atoms with E-state index in [1.54, 1.807) is 0 Å². The predicted molar refractivity (Wildman–Crippen MR) is 52.5 cm³/mol. The van der Waals surface area contributed by atoms with Gasteiger partial charge in [-0.2, -0.15) is 0 Å². The van der Waals surface area contributed by atoms with E-state index in [1.165, 1.54) is 19.2 Å². The Hall–Kier alpha value is -1.53. The van der Waals surface area contributed by atoms with Gasteiger partial charge in [0.2, 0.25) is 0 Å². The van der Waals surface area contributed by atoms with Crippen molar-refractivity contribution in [3.63, 3.8) is 0 Å². The average molecular weight is 218 g/mol. The van der Waals surface area contributed by atoms with Gasteiger partial charge in [0.05, 0.1) is 23.1 Å². The molecule has 0 heterocycles. The number of anilines is 1. The lowest BCUT2D eigenvalue weighted by molar-refractivity contribution is -0.384. The third-order valence-corrected chi connectivity index (χ3v) is 1.91. The summed E-state index contributed by atoms with van der Waals surface area (Å²) in [5.41, 5.74) is 2.47. The zero-order valence-electron chi connectivity index (χ0n) is 7.28. The van der Waals surface area contributed by atoms with Gasteiger partial charge >= 0.3 is 0 Å². The lowest BCUT2D eigenvalue weighted by Crippen LogP contribution is -2.09. The molecule has 1 aromatic carbocycles. The zero-order chi connectivity index (χ0) is 10.7. The monoisotopic (exact) mass is 217 g/mol. The van der Waals surface area contributed by atoms with E-state index in [0.717, 1.165) is 0 Å². The van der Waals surface area contributed by atoms with Crippen LogP contribution in [-0.4, -0.2) is 12.0 Å². The Bertz CT molecular complexity index is 369. The highest BCUT2D eigenvalue weighted by Crippen LogP contribution is 2.35. The molecule has 0 atom stereocenters. The molecule has 7 heteroatoms. The van der Waals surface area contributed by atoms with E-state index in [4.69, 9.17) is 22.2 Å². The van der Waals surface area contributed by atoms with Crippen LogP contribution in [0.2, 0.25) is 5.02 Å². The summed E-state index contributed by atoms with van der Waals surface area (Å²) >= 11 is 5.73. The Balaban J connectivity index is 3.31. The quantitative estimate of drug-likeness (QED) is 0.455. The topological polar surface area (TPSA) is 90.4 Å². The Morgan fingerprint density at radius 2 is 2.29 bits per heavy atom. The van der Waals surface area contributed by atoms with Crippen LogP contribution in [0.1, 0.15) is 0 Å². The smallest absolute Gasteiger partial charge is 0.274 e. The van der Waals surface area contributed by atoms with E-state index in [9.17, 15) is 10.1 Å². The molecule has 3 N–H and O–H groups in total. The second-order valence-corrected chi connectivity index (χ2v) is 2.81. The van der Waals surface area contributed by atoms with Gasteiger partial charge in [-0.25, -0.2) is 0 Å². The number of nitrogens with two attached hydrogens (primary N) is 1. The molecule has 0 aliphatic heterocycles. The number of nitrogens with zero attached hydrogens (tertiary/aromatic N) is 1. The number of hydrogen-bond acceptors (Lipinski definition) is 5. The molecular formula is C7H8ClN3O3. The fourth-order valence-electron chi connectivity index (χ4n) is 0.974. The highest BCUT2D eigenvalue weighted by molar-refractivity contribution is 6.33. The Labute approximate surface area is 84.7 Å². The Morgan fingerprint density at radius 1 is 1.64 bits per heavy atom. The first-order valence-electron chi connectivity index (χ1n) is 3.58. The highest BCUT2D eigenvalue weighted by atomic mass is 35.5. The minimum Gasteiger partial charge on any atom is -0.494 e. The summed E-state index contributed by atoms with van der Waals surface area (Å²) in [5, 5.41) is 10.6. The summed E-state index contributed by atoms with van der Waals surface area (Å²) in [6.07, 6.45) is 0. The van der Waals surface area contributed by atoms with Crippen molar-refractivity contribution in [3.8, 4) is 5.75 Å². The molecule has 0 bridgehead atoms. The van der Waals surface area contributed by atoms with Crippen LogP contribution in [0, 0.1) is 10.1 Å². The van der Waals surface area contributed by atoms with Crippen molar-refractivity contribution in [2.24, 2.45) is 5.84 Å². The lowest BCUT2D eigenvalue weighted by Gasteiger charge is -2.08. The van der Waals surface area contributed by atoms with Crippen LogP contribution in [0.5, 0.6) is 5.75 Å². The van der Waals surface area contributed by atoms with E-state index in [1.807, 2.05) is 0 Å². The molecule has 0 aliphatic carbocycles. The number of nitro groups is 1. The van der Waals surface area contributed by atoms with Crippen molar-refractivity contribution in [1.29, 1.82) is 0 Å². The molecular weight excluding hydrogens is 210 g/mol. The lowest BCUT2D eigenvalue weighted by atomic mass is 10.2. The molecule has 0 aliphatic rings. The van der Waals surface area contributed by atoms with Crippen molar-refractivity contribution in [1.82, 2.24) is 0 Å². The summed E-state index contributed by atoms with van der Waals surface area (Å²) in [4.78, 5) is 9.90. The fourth-order valence-corrected chi connectivity index (χ4v) is 1.23. The number of halogens is 1. The third kappa shape index (κ3) is 1.86. The molecule has 0 unspecified atom stereocenters. The Kier molecular flexibility index (Phi) is 3.10. The number of rotatable bonds is 3. The molecule has 1 rings (SSSR count). The van der Waals surface area contributed by atoms with Crippen LogP contribution in [0.25, 0.3) is 0 Å². The second-order valence-electron chi connectivity index (χ2n) is 2.41. The third-order valence-electron chi connectivity index (χ3n) is 1.61. The number of methoxy groups -OCH3 is 1. The minimum absolute atomic E-state index is 0.138. The molecule has 1 aromatic rings. The zero-order valence-corrected chi connectivity index (χ0v) is 8.04. The molecule has 0 amide bonds. The summed E-state index contributed by atoms with van der Waals surface area (Å²) in [6, 6.07) is 2.43. The van der Waals surface area contributed by atoms with Gasteiger partial charge in [0, 0.05) is 6.07 Å². The van der Waals surface area contributed by atoms with Gasteiger partial charge in [0.15, 0.2) is 5.75 Å². The van der Waals surface area contributed by atoms with Gasteiger partial charge in [-0.3, -0.25) is 16.0 Å². The number of ether oxygens (including phenoxy) is 1. The largest absolute Gasteiger partial charge is 0.494 e. The van der Waals surface area contributed by atoms with E-state index in [-0.39, 0.29) is 16.5 Å². The van der Waals surface area contributed by atoms with Gasteiger partial charge in [-0.15, -0.1) is 0 Å². The van der Waals surface area contributed by atoms with Gasteiger partial charge in [-0.05, 0) is 0 Å². The standard InChI is InChI=1S/C7H8ClN3O3/c1-14-6-3-4(11(12)13)2-5(8)7(6)10-9/h2-3,10H,9H2,1H3. The molecule has 76 valence electrons. The second kappa shape index (κ2) is 4.12. The SMILES string of the molecule is COc1cc([N+](=O)[O-])cc(Cl)c1NN. The molecule has 0 saturated carbocycles. The number of hydrogen-bond donors (Lipinski definition) is 2. The number of hydrazine groups is 1. The van der Waals surface area contributed by atoms with E-state index >= 15 is 0 Å². The van der Waals surface area contributed by atoms with Gasteiger partial charge in [0.25, 0.3) is 5.69 Å². The van der Waals surface area contributed by atoms with E-state index < -0.39 is 4.92 Å². The van der Waals surface area contributed by atoms with Crippen LogP contribution in [0.4, 0.5) is 11.4 Å². The normalized spacial score (nSPS) is 9.64. The maximum absolute atomic E-state index is 10.5. The van der Waals surface area contributed by atoms with E-state index in [2.05, 4.69) is 5.43 Å². The van der Waals surface area contributed by atoms with Crippen molar-refractivity contribution in [2.75, 3.05) is 12.5 Å². The fraction of sp³-hybridized carbons (Fsp3) is 0.143. The molecule has 0 aromatic heterocycles. The molecule has 0 fully saturated rings. The first-order chi connectivity index (χ1) is 6.60. The maximum atomic E-state index is 10.5.